The maximum atomic E-state index is 13.3. The minimum atomic E-state index is -1.51. The van der Waals surface area contributed by atoms with Crippen molar-refractivity contribution in [2.75, 3.05) is 13.7 Å². The van der Waals surface area contributed by atoms with Crippen molar-refractivity contribution in [2.24, 2.45) is 7.05 Å². The van der Waals surface area contributed by atoms with Gasteiger partial charge in [-0.15, -0.1) is 0 Å². The minimum Gasteiger partial charge on any atom is -0.506 e. The van der Waals surface area contributed by atoms with Crippen molar-refractivity contribution in [2.45, 2.75) is 87.0 Å². The molecule has 0 fully saturated rings. The summed E-state index contributed by atoms with van der Waals surface area (Å²) >= 11 is 0. The van der Waals surface area contributed by atoms with Crippen LogP contribution in [0.4, 0.5) is 4.39 Å². The molecular formula is C86H81FN10O22. The van der Waals surface area contributed by atoms with E-state index >= 15 is 0 Å². The Bertz CT molecular complexity index is 6490. The molecule has 10 aromatic heterocycles. The first-order valence-corrected chi connectivity index (χ1v) is 37.2. The number of aryl methyl sites for hydroxylation is 3. The van der Waals surface area contributed by atoms with Gasteiger partial charge in [-0.2, -0.15) is 0 Å². The molecule has 19 N–H and O–H groups in total. The zero-order valence-corrected chi connectivity index (χ0v) is 65.3. The standard InChI is InChI=1S/2C18H18N2O4.2C17H16N2O5.C16H13FN2O4/c1-3-9-5-6-12-10(7-9)8-13(19-12)15-11(4-2)16(21)14(18(23)24)17(22)20-15;1-3-9-5-6-10-8-13(19-12(10)7-9)15-11(4-2)16(21)14(18(23)24)17(22)20-15;1-3-10-14(19-16(21)13(15(10)20)17(22)23)12-6-8-4-5-9(24-2)7-11(8)18-12;1-3-24-15-13(18-16(21)12(14(15)20)17(22)23)10-4-5-11-9(8-10)6-7-19(11)2;1-2-9-13(19-15(21)12(14(9)20)16(22)23)11-6-7-5-8(17)3-4-10(7)18-11/h2*5-8,19H,3-4H2,1-2H3,(H,23,24)(H2,20,21,22);4-7,18H,3H2,1-2H3,(H,22,23)(H2,19,20,21);4-8H,3H2,1-2H3,(H,22,23)(H2,18,20,21);3-6,18H,2H2,1H3,(H,22,23)(H2,19,20,21). The third kappa shape index (κ3) is 16.9. The van der Waals surface area contributed by atoms with Crippen LogP contribution in [0.2, 0.25) is 0 Å². The van der Waals surface area contributed by atoms with Gasteiger partial charge < -0.3 is 110 Å². The fraction of sp³-hybridized carbons (Fsp3) is 0.186. The number of benzene rings is 5. The van der Waals surface area contributed by atoms with Gasteiger partial charge in [-0.25, -0.2) is 28.4 Å². The van der Waals surface area contributed by atoms with E-state index in [2.05, 4.69) is 64.8 Å². The van der Waals surface area contributed by atoms with Crippen LogP contribution in [0.25, 0.3) is 111 Å². The van der Waals surface area contributed by atoms with Gasteiger partial charge in [-0.1, -0.05) is 65.8 Å². The van der Waals surface area contributed by atoms with Gasteiger partial charge in [0.25, 0.3) is 27.8 Å². The average Bonchev–Trinajstić information content (AvgIpc) is 1.73. The molecule has 0 aliphatic heterocycles. The first kappa shape index (κ1) is 84.3. The molecule has 0 radical (unpaired) electrons. The Labute approximate surface area is 670 Å². The van der Waals surface area contributed by atoms with Gasteiger partial charge in [-0.05, 0) is 148 Å². The summed E-state index contributed by atoms with van der Waals surface area (Å²) in [7, 11) is 3.49. The summed E-state index contributed by atoms with van der Waals surface area (Å²) in [4.78, 5) is 141. The van der Waals surface area contributed by atoms with Gasteiger partial charge in [0.15, 0.2) is 39.3 Å². The molecule has 0 bridgehead atoms. The van der Waals surface area contributed by atoms with Crippen LogP contribution in [-0.4, -0.2) is 144 Å². The van der Waals surface area contributed by atoms with Gasteiger partial charge in [-0.3, -0.25) is 24.0 Å². The molecular weight excluding hydrogens is 1540 g/mol. The Kier molecular flexibility index (Phi) is 24.8. The quantitative estimate of drug-likeness (QED) is 0.0357. The molecule has 0 saturated carbocycles. The topological polar surface area (TPSA) is 538 Å². The molecule has 0 unspecified atom stereocenters. The molecule has 0 spiro atoms. The van der Waals surface area contributed by atoms with Gasteiger partial charge in [0.05, 0.1) is 65.0 Å². The molecule has 33 heteroatoms. The lowest BCUT2D eigenvalue weighted by Crippen LogP contribution is -2.20. The number of methoxy groups -OCH3 is 1. The van der Waals surface area contributed by atoms with E-state index in [0.29, 0.717) is 110 Å². The zero-order chi connectivity index (χ0) is 86.4. The Balaban J connectivity index is 0.000000146. The molecule has 0 aliphatic rings. The van der Waals surface area contributed by atoms with Crippen molar-refractivity contribution < 1.29 is 88.9 Å². The number of pyridine rings is 5. The van der Waals surface area contributed by atoms with E-state index in [1.807, 2.05) is 103 Å². The number of fused-ring (bicyclic) bond motifs is 5. The molecule has 10 heterocycles. The van der Waals surface area contributed by atoms with Crippen molar-refractivity contribution in [3.8, 4) is 97.1 Å². The summed E-state index contributed by atoms with van der Waals surface area (Å²) < 4.78 is 25.8. The van der Waals surface area contributed by atoms with E-state index in [-0.39, 0.29) is 23.7 Å². The highest BCUT2D eigenvalue weighted by Crippen LogP contribution is 2.40. The summed E-state index contributed by atoms with van der Waals surface area (Å²) in [5.74, 6) is -9.79. The fourth-order valence-electron chi connectivity index (χ4n) is 14.0. The predicted molar refractivity (Wildman–Crippen MR) is 443 cm³/mol. The van der Waals surface area contributed by atoms with Crippen LogP contribution in [0.15, 0.2) is 151 Å². The van der Waals surface area contributed by atoms with Crippen LogP contribution in [0.1, 0.15) is 134 Å². The number of aromatic amines is 9. The molecule has 119 heavy (non-hydrogen) atoms. The van der Waals surface area contributed by atoms with Crippen molar-refractivity contribution in [1.82, 2.24) is 49.4 Å². The van der Waals surface area contributed by atoms with Crippen LogP contribution in [0.5, 0.6) is 40.2 Å². The number of hydrogen-bond donors (Lipinski definition) is 19. The lowest BCUT2D eigenvalue weighted by Gasteiger charge is -2.13. The lowest BCUT2D eigenvalue weighted by molar-refractivity contribution is 0.0679. The van der Waals surface area contributed by atoms with E-state index in [4.69, 9.17) is 35.0 Å². The first-order valence-electron chi connectivity index (χ1n) is 37.2. The number of ether oxygens (including phenoxy) is 2. The van der Waals surface area contributed by atoms with Crippen LogP contribution in [0.3, 0.4) is 0 Å². The Hall–Kier alpha value is -15.6. The number of rotatable bonds is 19. The molecule has 614 valence electrons. The third-order valence-electron chi connectivity index (χ3n) is 19.9. The van der Waals surface area contributed by atoms with E-state index in [9.17, 15) is 77.9 Å². The van der Waals surface area contributed by atoms with Crippen molar-refractivity contribution in [1.29, 1.82) is 0 Å². The van der Waals surface area contributed by atoms with Gasteiger partial charge in [0.2, 0.25) is 0 Å². The highest BCUT2D eigenvalue weighted by Gasteiger charge is 2.29. The lowest BCUT2D eigenvalue weighted by atomic mass is 10.0. The fourth-order valence-corrected chi connectivity index (χ4v) is 14.0. The van der Waals surface area contributed by atoms with E-state index in [0.717, 1.165) is 56.5 Å². The Morgan fingerprint density at radius 1 is 0.361 bits per heavy atom. The van der Waals surface area contributed by atoms with Crippen LogP contribution >= 0.6 is 0 Å². The van der Waals surface area contributed by atoms with Crippen molar-refractivity contribution in [3.63, 3.8) is 0 Å². The number of aromatic nitrogens is 10. The van der Waals surface area contributed by atoms with Crippen LogP contribution in [0, 0.1) is 5.82 Å². The number of hydrogen-bond acceptors (Lipinski definition) is 17. The summed E-state index contributed by atoms with van der Waals surface area (Å²) in [5.41, 5.74) is 5.24. The van der Waals surface area contributed by atoms with Crippen molar-refractivity contribution >= 4 is 84.4 Å². The molecule has 15 aromatic rings. The number of carbonyl (C=O) groups is 5. The molecule has 0 aliphatic carbocycles. The highest BCUT2D eigenvalue weighted by molar-refractivity contribution is 5.98. The highest BCUT2D eigenvalue weighted by atomic mass is 19.1. The second-order valence-corrected chi connectivity index (χ2v) is 27.0. The van der Waals surface area contributed by atoms with Gasteiger partial charge in [0, 0.05) is 102 Å². The number of nitrogens with one attached hydrogen (secondary N) is 9. The smallest absolute Gasteiger partial charge is 0.345 e. The molecule has 0 atom stereocenters. The number of H-pyrrole nitrogens is 9. The van der Waals surface area contributed by atoms with E-state index in [1.54, 1.807) is 59.9 Å². The first-order chi connectivity index (χ1) is 56.7. The molecule has 0 amide bonds. The average molecular weight is 1630 g/mol. The summed E-state index contributed by atoms with van der Waals surface area (Å²) in [6.07, 6.45) is 5.17. The number of carboxylic acids is 5. The summed E-state index contributed by atoms with van der Waals surface area (Å²) in [5, 5.41) is 101. The maximum Gasteiger partial charge on any atom is 0.345 e. The molecule has 32 nitrogen and oxygen atoms in total. The minimum absolute atomic E-state index is 0.0511. The normalized spacial score (nSPS) is 11.0. The number of carboxylic acid groups (broad SMARTS) is 5. The predicted octanol–water partition coefficient (Wildman–Crippen LogP) is 13.6. The van der Waals surface area contributed by atoms with Crippen LogP contribution in [-0.2, 0) is 45.6 Å². The van der Waals surface area contributed by atoms with Crippen LogP contribution < -0.4 is 37.3 Å². The molecule has 0 saturated heterocycles. The summed E-state index contributed by atoms with van der Waals surface area (Å²) in [6.45, 7) is 13.1. The second kappa shape index (κ2) is 35.0. The largest absolute Gasteiger partial charge is 0.506 e. The van der Waals surface area contributed by atoms with E-state index in [1.165, 1.54) is 23.3 Å². The number of halogens is 1. The number of aromatic carboxylic acids is 5. The number of aromatic hydroxyl groups is 5. The maximum absolute atomic E-state index is 13.3. The Morgan fingerprint density at radius 3 is 1.13 bits per heavy atom. The monoisotopic (exact) mass is 1620 g/mol. The SMILES string of the molecule is CCOc1c(-c2ccc3c(ccn3C)c2)[nH]c(=O)c(C(=O)O)c1O.CCc1c(-c2cc3cc(F)ccc3[nH]2)[nH]c(=O)c(C(=O)O)c1O.CCc1c(-c2cc3ccc(OC)cc3[nH]2)[nH]c(=O)c(C(=O)O)c1O.CCc1ccc2[nH]c(-c3[nH]c(=O)c(C(=O)O)c(O)c3CC)cc2c1.CCc1ccc2cc(-c3[nH]c(=O)c(C(=O)O)c(O)c3CC)[nH]c2c1. The molecule has 5 aromatic carbocycles. The summed E-state index contributed by atoms with van der Waals surface area (Å²) in [6, 6.07) is 36.4. The van der Waals surface area contributed by atoms with Gasteiger partial charge >= 0.3 is 29.8 Å². The number of nitrogens with zero attached hydrogens (tertiary/aromatic N) is 1. The Morgan fingerprint density at radius 2 is 0.723 bits per heavy atom. The van der Waals surface area contributed by atoms with E-state index < -0.39 is 120 Å². The second-order valence-electron chi connectivity index (χ2n) is 27.0. The van der Waals surface area contributed by atoms with Gasteiger partial charge in [0.1, 0.15) is 34.6 Å². The third-order valence-corrected chi connectivity index (χ3v) is 19.9. The molecule has 15 rings (SSSR count). The zero-order valence-electron chi connectivity index (χ0n) is 65.3. The van der Waals surface area contributed by atoms with Crippen molar-refractivity contribution in [3.05, 3.63) is 246 Å².